The van der Waals surface area contributed by atoms with Crippen LogP contribution in [0.5, 0.6) is 0 Å². The van der Waals surface area contributed by atoms with E-state index in [0.717, 1.165) is 22.1 Å². The molecule has 0 saturated carbocycles. The average molecular weight is 352 g/mol. The van der Waals surface area contributed by atoms with Crippen molar-refractivity contribution in [3.63, 3.8) is 0 Å². The lowest BCUT2D eigenvalue weighted by Gasteiger charge is -2.06. The molecule has 130 valence electrons. The number of benzene rings is 3. The fourth-order valence-corrected chi connectivity index (χ4v) is 3.00. The minimum absolute atomic E-state index is 0.0668. The summed E-state index contributed by atoms with van der Waals surface area (Å²) in [5.41, 5.74) is 3.38. The maximum Gasteiger partial charge on any atom is 0.336 e. The second kappa shape index (κ2) is 7.26. The van der Waals surface area contributed by atoms with Crippen LogP contribution in [0.25, 0.3) is 28.2 Å². The van der Waals surface area contributed by atoms with Crippen molar-refractivity contribution >= 4 is 22.8 Å². The zero-order chi connectivity index (χ0) is 18.6. The smallest absolute Gasteiger partial charge is 0.336 e. The van der Waals surface area contributed by atoms with Crippen LogP contribution in [0.3, 0.4) is 0 Å². The maximum absolute atomic E-state index is 12.4. The first-order chi connectivity index (χ1) is 13.2. The number of carbonyl (C=O) groups excluding carboxylic acids is 1. The molecule has 3 nitrogen and oxygen atoms in total. The average Bonchev–Trinajstić information content (AvgIpc) is 2.72. The van der Waals surface area contributed by atoms with Gasteiger partial charge in [0.25, 0.3) is 0 Å². The maximum atomic E-state index is 12.4. The van der Waals surface area contributed by atoms with E-state index in [4.69, 9.17) is 4.42 Å². The van der Waals surface area contributed by atoms with Gasteiger partial charge in [0.2, 0.25) is 0 Å². The number of hydrogen-bond acceptors (Lipinski definition) is 3. The van der Waals surface area contributed by atoms with Crippen LogP contribution >= 0.6 is 0 Å². The summed E-state index contributed by atoms with van der Waals surface area (Å²) in [7, 11) is 0. The molecular formula is C24H16O3. The molecule has 0 aliphatic carbocycles. The number of allylic oxidation sites excluding steroid dienone is 1. The molecule has 0 atom stereocenters. The summed E-state index contributed by atoms with van der Waals surface area (Å²) in [6.45, 7) is 0. The molecule has 4 aromatic rings. The van der Waals surface area contributed by atoms with E-state index >= 15 is 0 Å². The minimum atomic E-state index is -0.394. The van der Waals surface area contributed by atoms with Crippen molar-refractivity contribution in [3.8, 4) is 11.1 Å². The van der Waals surface area contributed by atoms with Crippen molar-refractivity contribution in [2.45, 2.75) is 0 Å². The van der Waals surface area contributed by atoms with Gasteiger partial charge in [-0.3, -0.25) is 4.79 Å². The van der Waals surface area contributed by atoms with Gasteiger partial charge in [0.1, 0.15) is 5.58 Å². The quantitative estimate of drug-likeness (QED) is 0.282. The zero-order valence-corrected chi connectivity index (χ0v) is 14.5. The van der Waals surface area contributed by atoms with Gasteiger partial charge in [0.15, 0.2) is 5.78 Å². The number of fused-ring (bicyclic) bond motifs is 1. The third-order valence-electron chi connectivity index (χ3n) is 4.36. The number of carbonyl (C=O) groups is 1. The monoisotopic (exact) mass is 352 g/mol. The normalized spacial score (nSPS) is 11.1. The van der Waals surface area contributed by atoms with E-state index in [1.54, 1.807) is 30.4 Å². The highest BCUT2D eigenvalue weighted by molar-refractivity contribution is 6.07. The van der Waals surface area contributed by atoms with Crippen LogP contribution in [0.4, 0.5) is 0 Å². The van der Waals surface area contributed by atoms with E-state index in [2.05, 4.69) is 0 Å². The van der Waals surface area contributed by atoms with Crippen molar-refractivity contribution in [1.29, 1.82) is 0 Å². The summed E-state index contributed by atoms with van der Waals surface area (Å²) in [5.74, 6) is -0.0668. The van der Waals surface area contributed by atoms with Gasteiger partial charge in [-0.1, -0.05) is 78.9 Å². The summed E-state index contributed by atoms with van der Waals surface area (Å²) in [5, 5.41) is 0.861. The summed E-state index contributed by atoms with van der Waals surface area (Å²) >= 11 is 0. The summed E-state index contributed by atoms with van der Waals surface area (Å²) in [6, 6.07) is 25.8. The van der Waals surface area contributed by atoms with Crippen molar-refractivity contribution in [1.82, 2.24) is 0 Å². The number of rotatable bonds is 4. The molecule has 0 N–H and O–H groups in total. The molecule has 0 amide bonds. The molecule has 0 radical (unpaired) electrons. The van der Waals surface area contributed by atoms with Crippen molar-refractivity contribution in [3.05, 3.63) is 113 Å². The molecule has 0 aliphatic rings. The highest BCUT2D eigenvalue weighted by Crippen LogP contribution is 2.27. The predicted octanol–water partition coefficient (Wildman–Crippen LogP) is 5.36. The van der Waals surface area contributed by atoms with Crippen molar-refractivity contribution in [2.24, 2.45) is 0 Å². The molecule has 1 aromatic heterocycles. The number of para-hydroxylation sites is 1. The van der Waals surface area contributed by atoms with Gasteiger partial charge in [-0.05, 0) is 28.8 Å². The zero-order valence-electron chi connectivity index (χ0n) is 14.5. The van der Waals surface area contributed by atoms with Gasteiger partial charge < -0.3 is 4.42 Å². The van der Waals surface area contributed by atoms with Crippen LogP contribution in [0.1, 0.15) is 15.9 Å². The van der Waals surface area contributed by atoms with E-state index in [1.165, 1.54) is 6.07 Å². The Morgan fingerprint density at radius 2 is 1.52 bits per heavy atom. The van der Waals surface area contributed by atoms with Gasteiger partial charge >= 0.3 is 5.63 Å². The number of ketones is 1. The molecule has 27 heavy (non-hydrogen) atoms. The Hall–Kier alpha value is -3.72. The molecule has 0 aliphatic heterocycles. The topological polar surface area (TPSA) is 47.3 Å². The molecule has 4 rings (SSSR count). The van der Waals surface area contributed by atoms with Crippen molar-refractivity contribution < 1.29 is 9.21 Å². The second-order valence-electron chi connectivity index (χ2n) is 6.16. The van der Waals surface area contributed by atoms with E-state index in [-0.39, 0.29) is 5.78 Å². The van der Waals surface area contributed by atoms with Crippen LogP contribution in [0, 0.1) is 0 Å². The van der Waals surface area contributed by atoms with Crippen molar-refractivity contribution in [2.75, 3.05) is 0 Å². The molecule has 0 saturated heterocycles. The van der Waals surface area contributed by atoms with E-state index in [9.17, 15) is 9.59 Å². The highest BCUT2D eigenvalue weighted by atomic mass is 16.4. The lowest BCUT2D eigenvalue weighted by Crippen LogP contribution is -1.98. The standard InChI is InChI=1S/C24H16O3/c25-22(15-10-17-6-2-1-3-7-17)19-13-11-18(12-14-19)21-16-24(26)27-23-9-5-4-8-20(21)23/h1-16H. The van der Waals surface area contributed by atoms with Crippen LogP contribution < -0.4 is 5.63 Å². The van der Waals surface area contributed by atoms with E-state index < -0.39 is 5.63 Å². The third-order valence-corrected chi connectivity index (χ3v) is 4.36. The fraction of sp³-hybridized carbons (Fsp3) is 0. The lowest BCUT2D eigenvalue weighted by molar-refractivity contribution is 0.104. The summed E-state index contributed by atoms with van der Waals surface area (Å²) in [6.07, 6.45) is 3.36. The molecule has 3 heteroatoms. The third kappa shape index (κ3) is 3.62. The Kier molecular flexibility index (Phi) is 4.50. The van der Waals surface area contributed by atoms with Crippen LogP contribution in [0.2, 0.25) is 0 Å². The minimum Gasteiger partial charge on any atom is -0.423 e. The van der Waals surface area contributed by atoms with E-state index in [0.29, 0.717) is 11.1 Å². The predicted molar refractivity (Wildman–Crippen MR) is 108 cm³/mol. The second-order valence-corrected chi connectivity index (χ2v) is 6.16. The van der Waals surface area contributed by atoms with Gasteiger partial charge in [0.05, 0.1) is 0 Å². The first kappa shape index (κ1) is 16.7. The van der Waals surface area contributed by atoms with Gasteiger partial charge in [0, 0.05) is 17.0 Å². The van der Waals surface area contributed by atoms with Crippen LogP contribution in [-0.4, -0.2) is 5.78 Å². The largest absolute Gasteiger partial charge is 0.423 e. The Morgan fingerprint density at radius 1 is 0.815 bits per heavy atom. The molecule has 0 unspecified atom stereocenters. The molecule has 1 heterocycles. The highest BCUT2D eigenvalue weighted by Gasteiger charge is 2.08. The SMILES string of the molecule is O=C(C=Cc1ccccc1)c1ccc(-c2cc(=O)oc3ccccc23)cc1. The first-order valence-electron chi connectivity index (χ1n) is 8.61. The molecular weight excluding hydrogens is 336 g/mol. The molecule has 0 fully saturated rings. The molecule has 3 aromatic carbocycles. The Balaban J connectivity index is 1.64. The first-order valence-corrected chi connectivity index (χ1v) is 8.61. The lowest BCUT2D eigenvalue weighted by atomic mass is 9.99. The Morgan fingerprint density at radius 3 is 2.30 bits per heavy atom. The molecule has 0 spiro atoms. The van der Waals surface area contributed by atoms with Gasteiger partial charge in [-0.2, -0.15) is 0 Å². The van der Waals surface area contributed by atoms with Gasteiger partial charge in [-0.15, -0.1) is 0 Å². The summed E-state index contributed by atoms with van der Waals surface area (Å²) < 4.78 is 5.24. The van der Waals surface area contributed by atoms with Crippen LogP contribution in [0.15, 0.2) is 100 Å². The fourth-order valence-electron chi connectivity index (χ4n) is 3.00. The van der Waals surface area contributed by atoms with Crippen LogP contribution in [-0.2, 0) is 0 Å². The number of hydrogen-bond donors (Lipinski definition) is 0. The summed E-state index contributed by atoms with van der Waals surface area (Å²) in [4.78, 5) is 24.2. The van der Waals surface area contributed by atoms with E-state index in [1.807, 2.05) is 60.7 Å². The Labute approximate surface area is 156 Å². The Bertz CT molecular complexity index is 1180. The molecule has 0 bridgehead atoms. The van der Waals surface area contributed by atoms with Gasteiger partial charge in [-0.25, -0.2) is 4.79 Å².